The fourth-order valence-corrected chi connectivity index (χ4v) is 2.54. The summed E-state index contributed by atoms with van der Waals surface area (Å²) >= 11 is 13.7. The molecule has 1 N–H and O–H groups in total. The predicted molar refractivity (Wildman–Crippen MR) is 62.5 cm³/mol. The Bertz CT molecular complexity index is 189. The molecule has 0 aromatic carbocycles. The normalized spacial score (nSPS) is 28.6. The van der Waals surface area contributed by atoms with Crippen molar-refractivity contribution in [1.29, 1.82) is 0 Å². The molecular weight excluding hydrogens is 225 g/mol. The molecule has 1 aliphatic rings. The lowest BCUT2D eigenvalue weighted by atomic mass is 10.2. The smallest absolute Gasteiger partial charge is 0.123 e. The number of hydrogen-bond donors (Lipinski definition) is 1. The van der Waals surface area contributed by atoms with Crippen molar-refractivity contribution >= 4 is 35.1 Å². The molecule has 0 aromatic heterocycles. The Balaban J connectivity index is 2.24. The molecule has 1 saturated carbocycles. The Morgan fingerprint density at radius 1 is 1.46 bits per heavy atom. The number of rotatable bonds is 3. The van der Waals surface area contributed by atoms with Gasteiger partial charge in [0.15, 0.2) is 0 Å². The molecule has 2 atom stereocenters. The molecule has 0 radical (unpaired) electrons. The van der Waals surface area contributed by atoms with Gasteiger partial charge in [0.05, 0.1) is 0 Å². The van der Waals surface area contributed by atoms with Crippen LogP contribution in [0.1, 0.15) is 34.1 Å². The molecule has 1 fully saturated rings. The van der Waals surface area contributed by atoms with E-state index >= 15 is 0 Å². The third kappa shape index (κ3) is 3.86. The van der Waals surface area contributed by atoms with Gasteiger partial charge in [-0.25, -0.2) is 0 Å². The van der Waals surface area contributed by atoms with Gasteiger partial charge in [0.1, 0.15) is 4.33 Å². The Morgan fingerprint density at radius 3 is 2.23 bits per heavy atom. The SMILES string of the molecule is C[C@@H](NSC(C)(C)C)[C@@H]1CC1(Cl)Cl. The number of alkyl halides is 2. The van der Waals surface area contributed by atoms with Gasteiger partial charge in [-0.1, -0.05) is 11.9 Å². The van der Waals surface area contributed by atoms with E-state index in [-0.39, 0.29) is 4.75 Å². The van der Waals surface area contributed by atoms with E-state index in [1.165, 1.54) is 0 Å². The van der Waals surface area contributed by atoms with Crippen molar-refractivity contribution in [3.05, 3.63) is 0 Å². The summed E-state index contributed by atoms with van der Waals surface area (Å²) in [7, 11) is 0. The second-order valence-electron chi connectivity index (χ2n) is 4.69. The van der Waals surface area contributed by atoms with Crippen LogP contribution in [0, 0.1) is 5.92 Å². The van der Waals surface area contributed by atoms with Gasteiger partial charge < -0.3 is 0 Å². The first-order valence-corrected chi connectivity index (χ1v) is 6.11. The van der Waals surface area contributed by atoms with Crippen molar-refractivity contribution in [2.24, 2.45) is 5.92 Å². The Morgan fingerprint density at radius 2 is 1.92 bits per heavy atom. The van der Waals surface area contributed by atoms with Crippen LogP contribution in [0.15, 0.2) is 0 Å². The predicted octanol–water partition coefficient (Wildman–Crippen LogP) is 3.61. The summed E-state index contributed by atoms with van der Waals surface area (Å²) in [5.41, 5.74) is 0. The lowest BCUT2D eigenvalue weighted by Crippen LogP contribution is -2.28. The first kappa shape index (κ1) is 12.0. The van der Waals surface area contributed by atoms with Gasteiger partial charge in [0.2, 0.25) is 0 Å². The van der Waals surface area contributed by atoms with Gasteiger partial charge in [0.25, 0.3) is 0 Å². The molecule has 0 spiro atoms. The van der Waals surface area contributed by atoms with E-state index in [4.69, 9.17) is 23.2 Å². The number of nitrogens with one attached hydrogen (secondary N) is 1. The highest BCUT2D eigenvalue weighted by Crippen LogP contribution is 2.55. The van der Waals surface area contributed by atoms with Crippen molar-refractivity contribution in [2.75, 3.05) is 0 Å². The van der Waals surface area contributed by atoms with Crippen LogP contribution < -0.4 is 4.72 Å². The van der Waals surface area contributed by atoms with Crippen molar-refractivity contribution in [3.8, 4) is 0 Å². The lowest BCUT2D eigenvalue weighted by molar-refractivity contribution is 0.598. The van der Waals surface area contributed by atoms with E-state index < -0.39 is 4.33 Å². The summed E-state index contributed by atoms with van der Waals surface area (Å²) in [6.07, 6.45) is 0.912. The maximum absolute atomic E-state index is 5.97. The molecule has 13 heavy (non-hydrogen) atoms. The zero-order valence-electron chi connectivity index (χ0n) is 8.53. The van der Waals surface area contributed by atoms with Crippen LogP contribution in [0.3, 0.4) is 0 Å². The van der Waals surface area contributed by atoms with Crippen molar-refractivity contribution in [3.63, 3.8) is 0 Å². The maximum Gasteiger partial charge on any atom is 0.123 e. The standard InChI is InChI=1S/C9H17Cl2NS/c1-6(7-5-9(7,10)11)12-13-8(2,3)4/h6-7,12H,5H2,1-4H3/t6-,7+/m1/s1. The molecule has 0 aromatic rings. The lowest BCUT2D eigenvalue weighted by Gasteiger charge is -2.21. The highest BCUT2D eigenvalue weighted by atomic mass is 35.5. The molecule has 0 bridgehead atoms. The molecule has 0 aliphatic heterocycles. The maximum atomic E-state index is 5.97. The van der Waals surface area contributed by atoms with Crippen LogP contribution in [0.25, 0.3) is 0 Å². The molecule has 0 unspecified atom stereocenters. The van der Waals surface area contributed by atoms with Crippen molar-refractivity contribution < 1.29 is 0 Å². The fraction of sp³-hybridized carbons (Fsp3) is 1.00. The average molecular weight is 242 g/mol. The molecule has 0 amide bonds. The van der Waals surface area contributed by atoms with E-state index in [9.17, 15) is 0 Å². The quantitative estimate of drug-likeness (QED) is 0.599. The molecule has 1 aliphatic carbocycles. The first-order valence-electron chi connectivity index (χ1n) is 4.54. The van der Waals surface area contributed by atoms with E-state index in [0.717, 1.165) is 6.42 Å². The summed E-state index contributed by atoms with van der Waals surface area (Å²) in [6, 6.07) is 0.388. The summed E-state index contributed by atoms with van der Waals surface area (Å²) in [6.45, 7) is 8.67. The summed E-state index contributed by atoms with van der Waals surface area (Å²) in [4.78, 5) is 0. The summed E-state index contributed by atoms with van der Waals surface area (Å²) in [5, 5.41) is 0. The minimum Gasteiger partial charge on any atom is -0.260 e. The first-order chi connectivity index (χ1) is 5.72. The summed E-state index contributed by atoms with van der Waals surface area (Å²) in [5.74, 6) is 0.408. The minimum atomic E-state index is -0.467. The van der Waals surface area contributed by atoms with E-state index in [1.807, 2.05) is 0 Å². The largest absolute Gasteiger partial charge is 0.260 e. The second kappa shape index (κ2) is 3.80. The van der Waals surface area contributed by atoms with E-state index in [1.54, 1.807) is 11.9 Å². The van der Waals surface area contributed by atoms with E-state index in [2.05, 4.69) is 32.4 Å². The van der Waals surface area contributed by atoms with Crippen molar-refractivity contribution in [2.45, 2.75) is 49.2 Å². The third-order valence-electron chi connectivity index (χ3n) is 2.03. The molecular formula is C9H17Cl2NS. The van der Waals surface area contributed by atoms with Crippen LogP contribution in [0.5, 0.6) is 0 Å². The van der Waals surface area contributed by atoms with Gasteiger partial charge in [-0.3, -0.25) is 4.72 Å². The van der Waals surface area contributed by atoms with Crippen molar-refractivity contribution in [1.82, 2.24) is 4.72 Å². The van der Waals surface area contributed by atoms with Crippen LogP contribution in [0.4, 0.5) is 0 Å². The van der Waals surface area contributed by atoms with Crippen LogP contribution in [-0.4, -0.2) is 15.1 Å². The Labute approximate surface area is 95.1 Å². The monoisotopic (exact) mass is 241 g/mol. The molecule has 0 heterocycles. The van der Waals surface area contributed by atoms with Crippen LogP contribution >= 0.6 is 35.1 Å². The van der Waals surface area contributed by atoms with Gasteiger partial charge in [-0.15, -0.1) is 23.2 Å². The molecule has 1 rings (SSSR count). The topological polar surface area (TPSA) is 12.0 Å². The Hall–Kier alpha value is 0.890. The van der Waals surface area contributed by atoms with Crippen LogP contribution in [-0.2, 0) is 0 Å². The van der Waals surface area contributed by atoms with Crippen LogP contribution in [0.2, 0.25) is 0 Å². The highest BCUT2D eigenvalue weighted by molar-refractivity contribution is 7.98. The molecule has 4 heteroatoms. The van der Waals surface area contributed by atoms with Gasteiger partial charge in [-0.2, -0.15) is 0 Å². The third-order valence-corrected chi connectivity index (χ3v) is 4.00. The minimum absolute atomic E-state index is 0.241. The molecule has 1 nitrogen and oxygen atoms in total. The second-order valence-corrected chi connectivity index (χ2v) is 7.90. The average Bonchev–Trinajstić information content (AvgIpc) is 2.53. The molecule has 78 valence electrons. The number of halogens is 2. The van der Waals surface area contributed by atoms with Gasteiger partial charge in [0, 0.05) is 16.7 Å². The van der Waals surface area contributed by atoms with Gasteiger partial charge in [-0.05, 0) is 34.1 Å². The highest BCUT2D eigenvalue weighted by Gasteiger charge is 2.54. The summed E-state index contributed by atoms with van der Waals surface area (Å²) < 4.78 is 3.16. The zero-order valence-corrected chi connectivity index (χ0v) is 10.9. The van der Waals surface area contributed by atoms with E-state index in [0.29, 0.717) is 12.0 Å². The number of hydrogen-bond acceptors (Lipinski definition) is 2. The van der Waals surface area contributed by atoms with Gasteiger partial charge >= 0.3 is 0 Å². The Kier molecular flexibility index (Phi) is 3.50. The zero-order chi connectivity index (χ0) is 10.3. The molecule has 0 saturated heterocycles. The fourth-order valence-electron chi connectivity index (χ4n) is 1.13.